The van der Waals surface area contributed by atoms with Crippen LogP contribution in [0.5, 0.6) is 0 Å². The summed E-state index contributed by atoms with van der Waals surface area (Å²) in [5.41, 5.74) is -0.438. The van der Waals surface area contributed by atoms with E-state index in [4.69, 9.17) is 4.74 Å². The Balaban J connectivity index is 1.98. The maximum atomic E-state index is 11.9. The van der Waals surface area contributed by atoms with Crippen molar-refractivity contribution >= 4 is 6.09 Å². The summed E-state index contributed by atoms with van der Waals surface area (Å²) in [6.07, 6.45) is 2.09. The molecule has 3 atom stereocenters. The molecule has 1 N–H and O–H groups in total. The first-order valence-electron chi connectivity index (χ1n) is 6.03. The lowest BCUT2D eigenvalue weighted by Crippen LogP contribution is -2.40. The number of aliphatic hydroxyl groups is 1. The van der Waals surface area contributed by atoms with Crippen molar-refractivity contribution in [1.29, 1.82) is 0 Å². The normalized spacial score (nSPS) is 34.0. The fourth-order valence-electron chi connectivity index (χ4n) is 2.75. The molecule has 92 valence electrons. The lowest BCUT2D eigenvalue weighted by atomic mass is 9.88. The van der Waals surface area contributed by atoms with Crippen molar-refractivity contribution in [2.45, 2.75) is 57.8 Å². The van der Waals surface area contributed by atoms with Crippen molar-refractivity contribution in [1.82, 2.24) is 4.90 Å². The van der Waals surface area contributed by atoms with Crippen LogP contribution in [0.15, 0.2) is 0 Å². The Morgan fingerprint density at radius 2 is 2.00 bits per heavy atom. The van der Waals surface area contributed by atoms with E-state index in [2.05, 4.69) is 0 Å². The standard InChI is InChI=1S/C12H21NO3/c1-12(2,3)16-11(15)13-7-8-4-9(13)6-10(14)5-8/h8-10,14H,4-7H2,1-3H3/t8-,9+,10-/m0/s1. The molecule has 1 aliphatic carbocycles. The minimum atomic E-state index is -0.438. The topological polar surface area (TPSA) is 49.8 Å². The first-order valence-corrected chi connectivity index (χ1v) is 6.03. The summed E-state index contributed by atoms with van der Waals surface area (Å²) in [5.74, 6) is 0.460. The molecule has 1 saturated carbocycles. The molecule has 1 saturated heterocycles. The number of fused-ring (bicyclic) bond motifs is 2. The van der Waals surface area contributed by atoms with Crippen LogP contribution < -0.4 is 0 Å². The van der Waals surface area contributed by atoms with Crippen LogP contribution in [0, 0.1) is 5.92 Å². The minimum absolute atomic E-state index is 0.184. The lowest BCUT2D eigenvalue weighted by molar-refractivity contribution is 0.0194. The van der Waals surface area contributed by atoms with Crippen LogP contribution >= 0.6 is 0 Å². The van der Waals surface area contributed by atoms with E-state index in [1.165, 1.54) is 0 Å². The Labute approximate surface area is 96.6 Å². The number of carbonyl (C=O) groups is 1. The van der Waals surface area contributed by atoms with Gasteiger partial charge in [-0.25, -0.2) is 4.79 Å². The van der Waals surface area contributed by atoms with Gasteiger partial charge in [0, 0.05) is 12.6 Å². The SMILES string of the molecule is CC(C)(C)OC(=O)N1C[C@@H]2C[C@H](O)C[C@H]1C2. The predicted octanol–water partition coefficient (Wildman–Crippen LogP) is 1.77. The van der Waals surface area contributed by atoms with Crippen LogP contribution in [0.2, 0.25) is 0 Å². The molecule has 0 aromatic carbocycles. The summed E-state index contributed by atoms with van der Waals surface area (Å²) < 4.78 is 5.37. The van der Waals surface area contributed by atoms with Crippen molar-refractivity contribution in [3.63, 3.8) is 0 Å². The molecule has 1 aliphatic heterocycles. The number of rotatable bonds is 0. The number of ether oxygens (including phenoxy) is 1. The molecular formula is C12H21NO3. The molecule has 0 aromatic rings. The zero-order chi connectivity index (χ0) is 11.9. The Morgan fingerprint density at radius 1 is 1.31 bits per heavy atom. The fourth-order valence-corrected chi connectivity index (χ4v) is 2.75. The Hall–Kier alpha value is -0.770. The number of hydrogen-bond acceptors (Lipinski definition) is 3. The molecule has 16 heavy (non-hydrogen) atoms. The zero-order valence-electron chi connectivity index (χ0n) is 10.3. The molecule has 4 heteroatoms. The summed E-state index contributed by atoms with van der Waals surface area (Å²) in [6, 6.07) is 0.184. The van der Waals surface area contributed by atoms with Gasteiger partial charge in [-0.05, 0) is 46.0 Å². The van der Waals surface area contributed by atoms with E-state index in [0.29, 0.717) is 12.3 Å². The van der Waals surface area contributed by atoms with Gasteiger partial charge in [0.15, 0.2) is 0 Å². The van der Waals surface area contributed by atoms with Gasteiger partial charge in [-0.2, -0.15) is 0 Å². The van der Waals surface area contributed by atoms with Crippen LogP contribution in [-0.4, -0.2) is 40.4 Å². The van der Waals surface area contributed by atoms with Crippen LogP contribution in [-0.2, 0) is 4.74 Å². The number of carbonyl (C=O) groups excluding carboxylic acids is 1. The van der Waals surface area contributed by atoms with Gasteiger partial charge in [0.05, 0.1) is 6.10 Å². The molecule has 4 nitrogen and oxygen atoms in total. The molecule has 0 aromatic heterocycles. The summed E-state index contributed by atoms with van der Waals surface area (Å²) in [5, 5.41) is 9.64. The van der Waals surface area contributed by atoms with Crippen LogP contribution in [0.4, 0.5) is 4.79 Å². The van der Waals surface area contributed by atoms with Gasteiger partial charge in [0.1, 0.15) is 5.60 Å². The summed E-state index contributed by atoms with van der Waals surface area (Å²) >= 11 is 0. The van der Waals surface area contributed by atoms with E-state index in [9.17, 15) is 9.90 Å². The molecule has 0 spiro atoms. The lowest BCUT2D eigenvalue weighted by Gasteiger charge is -2.29. The molecule has 0 radical (unpaired) electrons. The van der Waals surface area contributed by atoms with Crippen molar-refractivity contribution in [2.24, 2.45) is 5.92 Å². The minimum Gasteiger partial charge on any atom is -0.444 e. The van der Waals surface area contributed by atoms with Crippen molar-refractivity contribution in [2.75, 3.05) is 6.54 Å². The predicted molar refractivity (Wildman–Crippen MR) is 60.1 cm³/mol. The quantitative estimate of drug-likeness (QED) is 0.686. The maximum Gasteiger partial charge on any atom is 0.410 e. The zero-order valence-corrected chi connectivity index (χ0v) is 10.3. The molecule has 2 fully saturated rings. The van der Waals surface area contributed by atoms with Crippen LogP contribution in [0.25, 0.3) is 0 Å². The second-order valence-corrected chi connectivity index (χ2v) is 6.01. The number of likely N-dealkylation sites (tertiary alicyclic amines) is 1. The van der Waals surface area contributed by atoms with Crippen LogP contribution in [0.3, 0.4) is 0 Å². The van der Waals surface area contributed by atoms with Gasteiger partial charge >= 0.3 is 6.09 Å². The fraction of sp³-hybridized carbons (Fsp3) is 0.917. The highest BCUT2D eigenvalue weighted by atomic mass is 16.6. The third-order valence-corrected chi connectivity index (χ3v) is 3.28. The average Bonchev–Trinajstić information content (AvgIpc) is 2.38. The molecule has 1 amide bonds. The van der Waals surface area contributed by atoms with Crippen LogP contribution in [0.1, 0.15) is 40.0 Å². The maximum absolute atomic E-state index is 11.9. The molecule has 0 unspecified atom stereocenters. The second kappa shape index (κ2) is 3.91. The highest BCUT2D eigenvalue weighted by Crippen LogP contribution is 2.36. The first kappa shape index (κ1) is 11.7. The number of aliphatic hydroxyl groups excluding tert-OH is 1. The van der Waals surface area contributed by atoms with Gasteiger partial charge in [0.2, 0.25) is 0 Å². The van der Waals surface area contributed by atoms with E-state index in [0.717, 1.165) is 19.4 Å². The van der Waals surface area contributed by atoms with Crippen molar-refractivity contribution in [3.05, 3.63) is 0 Å². The van der Waals surface area contributed by atoms with Gasteiger partial charge in [0.25, 0.3) is 0 Å². The van der Waals surface area contributed by atoms with E-state index >= 15 is 0 Å². The van der Waals surface area contributed by atoms with E-state index < -0.39 is 5.60 Å². The molecule has 2 aliphatic rings. The number of amides is 1. The summed E-state index contributed by atoms with van der Waals surface area (Å²) in [6.45, 7) is 6.38. The third-order valence-electron chi connectivity index (χ3n) is 3.28. The monoisotopic (exact) mass is 227 g/mol. The van der Waals surface area contributed by atoms with Gasteiger partial charge in [-0.15, -0.1) is 0 Å². The highest BCUT2D eigenvalue weighted by molar-refractivity contribution is 5.69. The highest BCUT2D eigenvalue weighted by Gasteiger charge is 2.42. The molecule has 2 bridgehead atoms. The van der Waals surface area contributed by atoms with E-state index in [-0.39, 0.29) is 18.2 Å². The summed E-state index contributed by atoms with van der Waals surface area (Å²) in [4.78, 5) is 13.7. The molecule has 2 rings (SSSR count). The van der Waals surface area contributed by atoms with E-state index in [1.54, 1.807) is 4.90 Å². The van der Waals surface area contributed by atoms with Gasteiger partial charge in [-0.3, -0.25) is 0 Å². The van der Waals surface area contributed by atoms with Gasteiger partial charge in [-0.1, -0.05) is 0 Å². The second-order valence-electron chi connectivity index (χ2n) is 6.01. The van der Waals surface area contributed by atoms with Gasteiger partial charge < -0.3 is 14.7 Å². The molecule has 1 heterocycles. The van der Waals surface area contributed by atoms with Crippen molar-refractivity contribution in [3.8, 4) is 0 Å². The Bertz CT molecular complexity index is 284. The third kappa shape index (κ3) is 2.48. The number of hydrogen-bond donors (Lipinski definition) is 1. The Morgan fingerprint density at radius 3 is 2.62 bits per heavy atom. The van der Waals surface area contributed by atoms with Crippen molar-refractivity contribution < 1.29 is 14.6 Å². The summed E-state index contributed by atoms with van der Waals surface area (Å²) in [7, 11) is 0. The smallest absolute Gasteiger partial charge is 0.410 e. The van der Waals surface area contributed by atoms with E-state index in [1.807, 2.05) is 20.8 Å². The molecular weight excluding hydrogens is 206 g/mol. The number of nitrogens with zero attached hydrogens (tertiary/aromatic N) is 1. The largest absolute Gasteiger partial charge is 0.444 e. The first-order chi connectivity index (χ1) is 7.35. The Kier molecular flexibility index (Phi) is 2.86. The average molecular weight is 227 g/mol.